The van der Waals surface area contributed by atoms with Gasteiger partial charge in [-0.2, -0.15) is 0 Å². The largest absolute Gasteiger partial charge is 0.309 e. The molecule has 0 unspecified atom stereocenters. The van der Waals surface area contributed by atoms with Crippen LogP contribution in [0.4, 0.5) is 0 Å². The summed E-state index contributed by atoms with van der Waals surface area (Å²) in [7, 11) is 0. The van der Waals surface area contributed by atoms with Crippen molar-refractivity contribution in [1.29, 1.82) is 0 Å². The Labute approximate surface area is 364 Å². The fourth-order valence-electron chi connectivity index (χ4n) is 10.4. The summed E-state index contributed by atoms with van der Waals surface area (Å²) in [6, 6.07) is 72.0. The number of fused-ring (bicyclic) bond motifs is 11. The molecular formula is C58H39N5. The summed E-state index contributed by atoms with van der Waals surface area (Å²) in [6.45, 7) is 4.68. The molecule has 0 bridgehead atoms. The van der Waals surface area contributed by atoms with Gasteiger partial charge in [0, 0.05) is 55.0 Å². The third-order valence-electron chi connectivity index (χ3n) is 13.3. The Morgan fingerprint density at radius 2 is 0.905 bits per heavy atom. The lowest BCUT2D eigenvalue weighted by Crippen LogP contribution is -2.15. The van der Waals surface area contributed by atoms with E-state index in [4.69, 9.17) is 15.0 Å². The van der Waals surface area contributed by atoms with E-state index in [1.807, 2.05) is 36.4 Å². The van der Waals surface area contributed by atoms with Gasteiger partial charge < -0.3 is 9.13 Å². The van der Waals surface area contributed by atoms with E-state index < -0.39 is 0 Å². The van der Waals surface area contributed by atoms with Crippen molar-refractivity contribution in [2.24, 2.45) is 0 Å². The Kier molecular flexibility index (Phi) is 7.58. The van der Waals surface area contributed by atoms with E-state index in [9.17, 15) is 0 Å². The van der Waals surface area contributed by atoms with Crippen LogP contribution in [0.5, 0.6) is 0 Å². The van der Waals surface area contributed by atoms with Crippen LogP contribution in [0.3, 0.4) is 0 Å². The zero-order valence-corrected chi connectivity index (χ0v) is 34.8. The molecule has 0 saturated heterocycles. The second-order valence-electron chi connectivity index (χ2n) is 17.2. The van der Waals surface area contributed by atoms with E-state index in [1.54, 1.807) is 0 Å². The average molecular weight is 806 g/mol. The van der Waals surface area contributed by atoms with Gasteiger partial charge in [-0.05, 0) is 87.6 Å². The van der Waals surface area contributed by atoms with Crippen molar-refractivity contribution in [3.05, 3.63) is 211 Å². The lowest BCUT2D eigenvalue weighted by atomic mass is 9.82. The molecule has 0 aliphatic heterocycles. The van der Waals surface area contributed by atoms with Crippen LogP contribution in [0, 0.1) is 0 Å². The molecule has 0 saturated carbocycles. The smallest absolute Gasteiger partial charge is 0.164 e. The number of nitrogens with zero attached hydrogens (tertiary/aromatic N) is 5. The van der Waals surface area contributed by atoms with Crippen molar-refractivity contribution in [2.75, 3.05) is 0 Å². The molecule has 0 atom stereocenters. The first-order chi connectivity index (χ1) is 31.0. The summed E-state index contributed by atoms with van der Waals surface area (Å²) in [6.07, 6.45) is 0. The predicted molar refractivity (Wildman–Crippen MR) is 260 cm³/mol. The first-order valence-corrected chi connectivity index (χ1v) is 21.6. The van der Waals surface area contributed by atoms with Crippen LogP contribution >= 0.6 is 0 Å². The van der Waals surface area contributed by atoms with E-state index in [0.717, 1.165) is 28.1 Å². The fourth-order valence-corrected chi connectivity index (χ4v) is 10.4. The normalized spacial score (nSPS) is 13.0. The van der Waals surface area contributed by atoms with Gasteiger partial charge in [-0.1, -0.05) is 159 Å². The summed E-state index contributed by atoms with van der Waals surface area (Å²) in [5.41, 5.74) is 14.7. The van der Waals surface area contributed by atoms with Gasteiger partial charge in [0.2, 0.25) is 0 Å². The van der Waals surface area contributed by atoms with Gasteiger partial charge in [-0.15, -0.1) is 0 Å². The van der Waals surface area contributed by atoms with Gasteiger partial charge in [-0.3, -0.25) is 0 Å². The summed E-state index contributed by atoms with van der Waals surface area (Å²) >= 11 is 0. The molecule has 12 aromatic rings. The van der Waals surface area contributed by atoms with Crippen molar-refractivity contribution in [2.45, 2.75) is 19.3 Å². The van der Waals surface area contributed by atoms with Crippen LogP contribution in [0.1, 0.15) is 25.0 Å². The molecule has 9 aromatic carbocycles. The van der Waals surface area contributed by atoms with E-state index in [1.165, 1.54) is 76.6 Å². The average Bonchev–Trinajstić information content (AvgIpc) is 3.93. The first-order valence-electron chi connectivity index (χ1n) is 21.6. The third-order valence-corrected chi connectivity index (χ3v) is 13.3. The van der Waals surface area contributed by atoms with E-state index in [2.05, 4.69) is 187 Å². The molecule has 0 radical (unpaired) electrons. The van der Waals surface area contributed by atoms with Crippen LogP contribution in [0.2, 0.25) is 0 Å². The molecule has 296 valence electrons. The quantitative estimate of drug-likeness (QED) is 0.174. The second-order valence-corrected chi connectivity index (χ2v) is 17.2. The maximum absolute atomic E-state index is 5.10. The second kappa shape index (κ2) is 13.4. The molecule has 1 aliphatic carbocycles. The Hall–Kier alpha value is -8.15. The van der Waals surface area contributed by atoms with Crippen molar-refractivity contribution < 1.29 is 0 Å². The first kappa shape index (κ1) is 35.6. The van der Waals surface area contributed by atoms with Crippen LogP contribution < -0.4 is 0 Å². The zero-order chi connectivity index (χ0) is 41.8. The molecule has 63 heavy (non-hydrogen) atoms. The van der Waals surface area contributed by atoms with Crippen LogP contribution in [0.25, 0.3) is 111 Å². The molecule has 0 amide bonds. The Morgan fingerprint density at radius 1 is 0.349 bits per heavy atom. The zero-order valence-electron chi connectivity index (χ0n) is 34.8. The number of para-hydroxylation sites is 2. The topological polar surface area (TPSA) is 48.5 Å². The van der Waals surface area contributed by atoms with Crippen molar-refractivity contribution in [3.8, 4) is 56.7 Å². The SMILES string of the molecule is CC1(C)c2ccc(-c3nc(-c4ccccc4)nc(-c4ccccc4)n3)cc2-c2cc(-n3c4ccccc4c4cc5c6c7ccccc7ccc6n(-c6ccccc6)c5cc43)ccc21. The van der Waals surface area contributed by atoms with Crippen molar-refractivity contribution in [3.63, 3.8) is 0 Å². The highest BCUT2D eigenvalue weighted by atomic mass is 15.0. The minimum atomic E-state index is -0.197. The van der Waals surface area contributed by atoms with Gasteiger partial charge in [-0.25, -0.2) is 15.0 Å². The van der Waals surface area contributed by atoms with Crippen molar-refractivity contribution in [1.82, 2.24) is 24.1 Å². The minimum Gasteiger partial charge on any atom is -0.309 e. The molecule has 3 heterocycles. The minimum absolute atomic E-state index is 0.197. The number of benzene rings is 9. The molecule has 1 aliphatic rings. The lowest BCUT2D eigenvalue weighted by molar-refractivity contribution is 0.660. The molecule has 0 N–H and O–H groups in total. The molecule has 3 aromatic heterocycles. The Balaban J connectivity index is 1.03. The highest BCUT2D eigenvalue weighted by Crippen LogP contribution is 2.51. The van der Waals surface area contributed by atoms with Gasteiger partial charge >= 0.3 is 0 Å². The maximum atomic E-state index is 5.10. The molecule has 13 rings (SSSR count). The molecular weight excluding hydrogens is 767 g/mol. The summed E-state index contributed by atoms with van der Waals surface area (Å²) in [4.78, 5) is 15.2. The standard InChI is InChI=1S/C58H39N5/c1-58(2)48-29-26-39(57-60-55(37-17-6-3-7-18-37)59-56(61-57)38-19-8-4-9-20-38)32-44(48)45-33-41(28-30-49(45)58)63-50-25-15-14-24-43(50)46-34-47-53(35-52(46)63)62(40-21-10-5-11-22-40)51-31-27-36-16-12-13-23-42(36)54(47)51/h3-35H,1-2H3. The summed E-state index contributed by atoms with van der Waals surface area (Å²) < 4.78 is 4.91. The number of aromatic nitrogens is 5. The van der Waals surface area contributed by atoms with E-state index >= 15 is 0 Å². The number of hydrogen-bond acceptors (Lipinski definition) is 3. The van der Waals surface area contributed by atoms with E-state index in [-0.39, 0.29) is 5.41 Å². The maximum Gasteiger partial charge on any atom is 0.164 e. The van der Waals surface area contributed by atoms with Gasteiger partial charge in [0.25, 0.3) is 0 Å². The van der Waals surface area contributed by atoms with Gasteiger partial charge in [0.1, 0.15) is 0 Å². The summed E-state index contributed by atoms with van der Waals surface area (Å²) in [5.74, 6) is 1.96. The fraction of sp³-hybridized carbons (Fsp3) is 0.0517. The molecule has 0 spiro atoms. The molecule has 0 fully saturated rings. The van der Waals surface area contributed by atoms with E-state index in [0.29, 0.717) is 17.5 Å². The van der Waals surface area contributed by atoms with Crippen molar-refractivity contribution >= 4 is 54.4 Å². The molecule has 5 heteroatoms. The van der Waals surface area contributed by atoms with Gasteiger partial charge in [0.15, 0.2) is 17.5 Å². The Bertz CT molecular complexity index is 3750. The predicted octanol–water partition coefficient (Wildman–Crippen LogP) is 14.5. The number of hydrogen-bond donors (Lipinski definition) is 0. The highest BCUT2D eigenvalue weighted by molar-refractivity contribution is 6.25. The molecule has 5 nitrogen and oxygen atoms in total. The summed E-state index contributed by atoms with van der Waals surface area (Å²) in [5, 5.41) is 7.51. The van der Waals surface area contributed by atoms with Gasteiger partial charge in [0.05, 0.1) is 22.1 Å². The van der Waals surface area contributed by atoms with Crippen LogP contribution in [0.15, 0.2) is 200 Å². The number of rotatable bonds is 5. The van der Waals surface area contributed by atoms with Crippen LogP contribution in [-0.4, -0.2) is 24.1 Å². The Morgan fingerprint density at radius 3 is 1.62 bits per heavy atom. The monoisotopic (exact) mass is 805 g/mol. The lowest BCUT2D eigenvalue weighted by Gasteiger charge is -2.21. The highest BCUT2D eigenvalue weighted by Gasteiger charge is 2.36. The van der Waals surface area contributed by atoms with Crippen LogP contribution in [-0.2, 0) is 5.41 Å². The third kappa shape index (κ3) is 5.33.